The van der Waals surface area contributed by atoms with Crippen LogP contribution in [0.1, 0.15) is 46.6 Å². The average molecular weight is 897 g/mol. The summed E-state index contributed by atoms with van der Waals surface area (Å²) in [6, 6.07) is 43.3. The van der Waals surface area contributed by atoms with Crippen molar-refractivity contribution in [2.45, 2.75) is 30.8 Å². The predicted molar refractivity (Wildman–Crippen MR) is 252 cm³/mol. The number of allylic oxidation sites excluding steroid dienone is 2. The smallest absolute Gasteiger partial charge is 0.246 e. The molecule has 10 rings (SSSR count). The fraction of sp³-hybridized carbons (Fsp3) is 0.200. The number of halogens is 1. The fourth-order valence-corrected chi connectivity index (χ4v) is 11.0. The Morgan fingerprint density at radius 2 is 1.44 bits per heavy atom. The first kappa shape index (κ1) is 42.5. The lowest BCUT2D eigenvalue weighted by Gasteiger charge is -2.50. The van der Waals surface area contributed by atoms with Crippen LogP contribution in [0.15, 0.2) is 157 Å². The molecule has 0 radical (unpaired) electrons. The molecule has 10 nitrogen and oxygen atoms in total. The summed E-state index contributed by atoms with van der Waals surface area (Å²) in [4.78, 5) is 62.8. The molecule has 4 aliphatic rings. The molecule has 1 N–H and O–H groups in total. The Morgan fingerprint density at radius 1 is 0.697 bits per heavy atom. The third kappa shape index (κ3) is 7.04. The normalized spacial score (nSPS) is 23.4. The summed E-state index contributed by atoms with van der Waals surface area (Å²) in [5.74, 6) is -3.99. The summed E-state index contributed by atoms with van der Waals surface area (Å²) in [7, 11) is 3.21. The Hall–Kier alpha value is -7.43. The highest BCUT2D eigenvalue weighted by Crippen LogP contribution is 2.65. The zero-order chi connectivity index (χ0) is 45.7. The highest BCUT2D eigenvalue weighted by molar-refractivity contribution is 6.32. The summed E-state index contributed by atoms with van der Waals surface area (Å²) in [5, 5.41) is 12.5. The molecule has 11 heteroatoms. The third-order valence-corrected chi connectivity index (χ3v) is 14.0. The number of carbonyl (C=O) groups excluding carboxylic acids is 4. The van der Waals surface area contributed by atoms with Crippen molar-refractivity contribution in [2.75, 3.05) is 24.0 Å². The molecule has 0 spiro atoms. The molecule has 6 aromatic carbocycles. The first-order valence-corrected chi connectivity index (χ1v) is 22.3. The molecule has 66 heavy (non-hydrogen) atoms. The number of amides is 4. The van der Waals surface area contributed by atoms with Crippen LogP contribution in [0.3, 0.4) is 0 Å². The van der Waals surface area contributed by atoms with Crippen molar-refractivity contribution in [1.82, 2.24) is 0 Å². The SMILES string of the molecule is COc1ccc(OC)c(C=Cc2ccc(N3C(=O)C4CC=C5C(CC6C(=O)N(c7cccc(Cl)c7)C(=O)C6(c6ccccc6)C5c5ccc(OCc6ccccc6)cc5O)C4C3=O)cc2)c1. The topological polar surface area (TPSA) is 123 Å². The molecule has 0 bridgehead atoms. The van der Waals surface area contributed by atoms with E-state index in [0.29, 0.717) is 44.8 Å². The summed E-state index contributed by atoms with van der Waals surface area (Å²) >= 11 is 6.48. The van der Waals surface area contributed by atoms with E-state index in [4.69, 9.17) is 25.8 Å². The van der Waals surface area contributed by atoms with Gasteiger partial charge in [-0.3, -0.25) is 24.1 Å². The number of ether oxygens (including phenoxy) is 3. The Balaban J connectivity index is 1.05. The summed E-state index contributed by atoms with van der Waals surface area (Å²) < 4.78 is 17.1. The Morgan fingerprint density at radius 3 is 2.15 bits per heavy atom. The number of benzene rings is 6. The van der Waals surface area contributed by atoms with Gasteiger partial charge in [0.2, 0.25) is 23.6 Å². The standard InChI is InChI=1S/C55H45ClN2O8/c1-64-40-23-27-48(65-2)35(28-40)19-16-33-17-20-38(21-18-33)57-51(60)44-26-25-42-45(49(44)53(57)62)31-46-52(61)58(39-15-9-14-37(56)29-39)54(63)55(46,36-12-7-4-8-13-36)50(42)43-24-22-41(30-47(43)59)66-32-34-10-5-3-6-11-34/h3-25,27-30,44-46,49-50,59H,26,31-32H2,1-2H3. The number of nitrogens with zero attached hydrogens (tertiary/aromatic N) is 2. The zero-order valence-electron chi connectivity index (χ0n) is 36.2. The minimum atomic E-state index is -1.55. The molecule has 6 atom stereocenters. The fourth-order valence-electron chi connectivity index (χ4n) is 10.8. The molecular weight excluding hydrogens is 852 g/mol. The number of rotatable bonds is 11. The molecule has 1 saturated carbocycles. The van der Waals surface area contributed by atoms with Crippen molar-refractivity contribution in [2.24, 2.45) is 23.7 Å². The van der Waals surface area contributed by atoms with E-state index in [-0.39, 0.29) is 37.0 Å². The maximum atomic E-state index is 15.7. The maximum absolute atomic E-state index is 15.7. The van der Waals surface area contributed by atoms with E-state index < -0.39 is 46.8 Å². The van der Waals surface area contributed by atoms with Gasteiger partial charge >= 0.3 is 0 Å². The van der Waals surface area contributed by atoms with Gasteiger partial charge in [0.05, 0.1) is 48.8 Å². The molecule has 6 unspecified atom stereocenters. The highest BCUT2D eigenvalue weighted by Gasteiger charge is 2.70. The van der Waals surface area contributed by atoms with Crippen molar-refractivity contribution >= 4 is 58.8 Å². The second-order valence-corrected chi connectivity index (χ2v) is 17.6. The van der Waals surface area contributed by atoms with Crippen LogP contribution in [-0.4, -0.2) is 43.0 Å². The minimum Gasteiger partial charge on any atom is -0.508 e. The van der Waals surface area contributed by atoms with E-state index in [9.17, 15) is 14.7 Å². The number of anilines is 2. The van der Waals surface area contributed by atoms with Crippen molar-refractivity contribution in [3.63, 3.8) is 0 Å². The van der Waals surface area contributed by atoms with Crippen LogP contribution in [0.5, 0.6) is 23.0 Å². The molecule has 2 aliphatic carbocycles. The Bertz CT molecular complexity index is 2950. The van der Waals surface area contributed by atoms with E-state index in [1.54, 1.807) is 62.8 Å². The number of hydrogen-bond acceptors (Lipinski definition) is 8. The molecule has 6 aromatic rings. The molecule has 2 heterocycles. The lowest BCUT2D eigenvalue weighted by molar-refractivity contribution is -0.127. The second-order valence-electron chi connectivity index (χ2n) is 17.1. The molecule has 2 aliphatic heterocycles. The van der Waals surface area contributed by atoms with Gasteiger partial charge in [-0.15, -0.1) is 0 Å². The van der Waals surface area contributed by atoms with Crippen molar-refractivity contribution in [3.05, 3.63) is 190 Å². The zero-order valence-corrected chi connectivity index (χ0v) is 36.9. The maximum Gasteiger partial charge on any atom is 0.246 e. The van der Waals surface area contributed by atoms with Crippen molar-refractivity contribution in [1.29, 1.82) is 0 Å². The number of carbonyl (C=O) groups is 4. The van der Waals surface area contributed by atoms with E-state index in [2.05, 4.69) is 0 Å². The first-order chi connectivity index (χ1) is 32.1. The van der Waals surface area contributed by atoms with Gasteiger partial charge < -0.3 is 19.3 Å². The van der Waals surface area contributed by atoms with Gasteiger partial charge in [-0.2, -0.15) is 0 Å². The van der Waals surface area contributed by atoms with Gasteiger partial charge in [0.15, 0.2) is 0 Å². The monoisotopic (exact) mass is 896 g/mol. The Labute approximate surface area is 387 Å². The predicted octanol–water partition coefficient (Wildman–Crippen LogP) is 10.2. The van der Waals surface area contributed by atoms with Gasteiger partial charge in [0.25, 0.3) is 0 Å². The van der Waals surface area contributed by atoms with Crippen LogP contribution in [0.2, 0.25) is 5.02 Å². The molecule has 330 valence electrons. The van der Waals surface area contributed by atoms with Gasteiger partial charge in [-0.25, -0.2) is 4.90 Å². The number of phenolic OH excluding ortho intramolecular Hbond substituents is 1. The van der Waals surface area contributed by atoms with Gasteiger partial charge in [0.1, 0.15) is 29.6 Å². The largest absolute Gasteiger partial charge is 0.508 e. The van der Waals surface area contributed by atoms with E-state index >= 15 is 9.59 Å². The number of methoxy groups -OCH3 is 2. The minimum absolute atomic E-state index is 0.114. The third-order valence-electron chi connectivity index (χ3n) is 13.8. The first-order valence-electron chi connectivity index (χ1n) is 21.9. The lowest BCUT2D eigenvalue weighted by Crippen LogP contribution is -2.53. The molecule has 3 fully saturated rings. The summed E-state index contributed by atoms with van der Waals surface area (Å²) in [6.07, 6.45) is 6.14. The van der Waals surface area contributed by atoms with Crippen LogP contribution in [0, 0.1) is 23.7 Å². The summed E-state index contributed by atoms with van der Waals surface area (Å²) in [5.41, 5.74) is 3.54. The van der Waals surface area contributed by atoms with Crippen LogP contribution < -0.4 is 24.0 Å². The van der Waals surface area contributed by atoms with Crippen LogP contribution >= 0.6 is 11.6 Å². The Kier molecular flexibility index (Phi) is 11.1. The van der Waals surface area contributed by atoms with Crippen LogP contribution in [0.4, 0.5) is 11.4 Å². The van der Waals surface area contributed by atoms with Gasteiger partial charge in [-0.05, 0) is 90.0 Å². The van der Waals surface area contributed by atoms with Gasteiger partial charge in [-0.1, -0.05) is 120 Å². The molecule has 2 saturated heterocycles. The molecule has 4 amide bonds. The van der Waals surface area contributed by atoms with Crippen molar-refractivity contribution < 1.29 is 38.5 Å². The number of phenols is 1. The van der Waals surface area contributed by atoms with E-state index in [1.807, 2.05) is 109 Å². The number of fused-ring (bicyclic) bond motifs is 4. The van der Waals surface area contributed by atoms with Crippen molar-refractivity contribution in [3.8, 4) is 23.0 Å². The number of hydrogen-bond donors (Lipinski definition) is 1. The highest BCUT2D eigenvalue weighted by atomic mass is 35.5. The van der Waals surface area contributed by atoms with Crippen LogP contribution in [-0.2, 0) is 31.2 Å². The van der Waals surface area contributed by atoms with E-state index in [0.717, 1.165) is 22.3 Å². The summed E-state index contributed by atoms with van der Waals surface area (Å²) in [6.45, 7) is 0.265. The molecular formula is C55H45ClN2O8. The van der Waals surface area contributed by atoms with E-state index in [1.165, 1.54) is 15.9 Å². The second kappa shape index (κ2) is 17.2. The quantitative estimate of drug-likeness (QED) is 0.0775. The van der Waals surface area contributed by atoms with Gasteiger partial charge in [0, 0.05) is 28.1 Å². The van der Waals surface area contributed by atoms with Crippen LogP contribution in [0.25, 0.3) is 12.2 Å². The molecule has 0 aromatic heterocycles. The number of imide groups is 2. The number of aromatic hydroxyl groups is 1. The lowest BCUT2D eigenvalue weighted by atomic mass is 9.49. The average Bonchev–Trinajstić information content (AvgIpc) is 3.74.